The molecule has 1 unspecified atom stereocenters. The largest absolute Gasteiger partial charge is 0.334 e. The first-order valence-corrected chi connectivity index (χ1v) is 20.9. The Kier molecular flexibility index (Phi) is 9.02. The number of hydrogen-bond donors (Lipinski definition) is 0. The molecule has 2 heteroatoms. The van der Waals surface area contributed by atoms with Crippen molar-refractivity contribution < 1.29 is 0 Å². The molecule has 60 heavy (non-hydrogen) atoms. The summed E-state index contributed by atoms with van der Waals surface area (Å²) in [5, 5.41) is 4.99. The molecule has 11 rings (SSSR count). The lowest BCUT2D eigenvalue weighted by atomic mass is 9.90. The fraction of sp³-hybridized carbons (Fsp3) is 0.0345. The zero-order valence-corrected chi connectivity index (χ0v) is 33.2. The molecule has 0 saturated carbocycles. The molecular weight excluding hydrogens is 725 g/mol. The number of aromatic nitrogens is 1. The molecule has 1 aromatic heterocycles. The van der Waals surface area contributed by atoms with E-state index in [4.69, 9.17) is 0 Å². The van der Waals surface area contributed by atoms with E-state index in [1.54, 1.807) is 0 Å². The molecule has 0 radical (unpaired) electrons. The first-order valence-electron chi connectivity index (χ1n) is 20.9. The molecule has 0 fully saturated rings. The molecule has 0 spiro atoms. The van der Waals surface area contributed by atoms with Crippen LogP contribution in [0.15, 0.2) is 237 Å². The van der Waals surface area contributed by atoms with Gasteiger partial charge in [-0.3, -0.25) is 0 Å². The van der Waals surface area contributed by atoms with Crippen LogP contribution in [0.5, 0.6) is 0 Å². The monoisotopic (exact) mass is 766 g/mol. The van der Waals surface area contributed by atoms with Crippen LogP contribution in [0.2, 0.25) is 0 Å². The van der Waals surface area contributed by atoms with Gasteiger partial charge >= 0.3 is 0 Å². The second-order valence-corrected chi connectivity index (χ2v) is 15.6. The van der Waals surface area contributed by atoms with Crippen LogP contribution >= 0.6 is 0 Å². The Morgan fingerprint density at radius 2 is 1.05 bits per heavy atom. The number of fused-ring (bicyclic) bond motifs is 4. The van der Waals surface area contributed by atoms with E-state index in [9.17, 15) is 0 Å². The van der Waals surface area contributed by atoms with E-state index in [2.05, 4.69) is 246 Å². The van der Waals surface area contributed by atoms with Gasteiger partial charge < -0.3 is 9.47 Å². The third kappa shape index (κ3) is 6.31. The van der Waals surface area contributed by atoms with Crippen LogP contribution in [-0.2, 0) is 0 Å². The third-order valence-electron chi connectivity index (χ3n) is 12.1. The first-order chi connectivity index (χ1) is 29.8. The van der Waals surface area contributed by atoms with Crippen molar-refractivity contribution in [3.8, 4) is 39.1 Å². The summed E-state index contributed by atoms with van der Waals surface area (Å²) < 4.78 is 2.43. The van der Waals surface area contributed by atoms with Crippen molar-refractivity contribution in [2.75, 3.05) is 4.90 Å². The summed E-state index contributed by atoms with van der Waals surface area (Å²) in [7, 11) is 0. The van der Waals surface area contributed by atoms with E-state index in [0.29, 0.717) is 0 Å². The molecule has 0 bridgehead atoms. The minimum absolute atomic E-state index is 0.1000. The summed E-state index contributed by atoms with van der Waals surface area (Å²) >= 11 is 0. The Morgan fingerprint density at radius 1 is 0.433 bits per heavy atom. The van der Waals surface area contributed by atoms with Crippen LogP contribution in [0, 0.1) is 0 Å². The molecule has 9 aromatic carbocycles. The smallest absolute Gasteiger partial charge is 0.0560 e. The molecule has 1 atom stereocenters. The van der Waals surface area contributed by atoms with Gasteiger partial charge in [0.25, 0.3) is 0 Å². The molecule has 0 amide bonds. The van der Waals surface area contributed by atoms with Crippen molar-refractivity contribution in [1.29, 1.82) is 0 Å². The Bertz CT molecular complexity index is 3210. The van der Waals surface area contributed by atoms with E-state index >= 15 is 0 Å². The van der Waals surface area contributed by atoms with Crippen molar-refractivity contribution in [1.82, 2.24) is 4.57 Å². The van der Waals surface area contributed by atoms with E-state index in [1.807, 2.05) is 0 Å². The molecule has 1 heterocycles. The highest BCUT2D eigenvalue weighted by atomic mass is 15.2. The standard InChI is InChI=1S/C58H42N2/c1-4-17-41(18-5-1)42-31-35-48(36-32-42)59(49-37-33-44(34-38-49)52-27-13-12-26-51(52)43-19-6-2-7-20-43)50-25-16-22-46(39-50)57-53-28-11-10-21-45(53)40-56-58(57)54-29-14-15-30-55(54)60(56)47-23-8-3-9-24-47/h1-37,39-40,49H,38H2. The lowest BCUT2D eigenvalue weighted by Crippen LogP contribution is -2.30. The van der Waals surface area contributed by atoms with Crippen LogP contribution in [0.3, 0.4) is 0 Å². The van der Waals surface area contributed by atoms with Crippen molar-refractivity contribution in [2.24, 2.45) is 0 Å². The third-order valence-corrected chi connectivity index (χ3v) is 12.1. The quantitative estimate of drug-likeness (QED) is 0.150. The minimum Gasteiger partial charge on any atom is -0.334 e. The van der Waals surface area contributed by atoms with E-state index in [-0.39, 0.29) is 6.04 Å². The van der Waals surface area contributed by atoms with Gasteiger partial charge in [0.2, 0.25) is 0 Å². The Balaban J connectivity index is 1.07. The fourth-order valence-corrected chi connectivity index (χ4v) is 9.34. The highest BCUT2D eigenvalue weighted by Crippen LogP contribution is 2.45. The molecule has 2 nitrogen and oxygen atoms in total. The summed E-state index contributed by atoms with van der Waals surface area (Å²) in [5.74, 6) is 0. The van der Waals surface area contributed by atoms with Gasteiger partial charge in [0.05, 0.1) is 17.1 Å². The zero-order valence-electron chi connectivity index (χ0n) is 33.2. The Labute approximate surface area is 351 Å². The molecule has 284 valence electrons. The van der Waals surface area contributed by atoms with Crippen LogP contribution in [0.1, 0.15) is 12.0 Å². The van der Waals surface area contributed by atoms with Crippen LogP contribution in [0.4, 0.5) is 11.4 Å². The van der Waals surface area contributed by atoms with E-state index in [0.717, 1.165) is 23.5 Å². The van der Waals surface area contributed by atoms with Gasteiger partial charge in [0.15, 0.2) is 0 Å². The average Bonchev–Trinajstić information content (AvgIpc) is 3.66. The van der Waals surface area contributed by atoms with Crippen LogP contribution < -0.4 is 4.90 Å². The van der Waals surface area contributed by atoms with Gasteiger partial charge in [0, 0.05) is 27.8 Å². The number of rotatable bonds is 8. The second kappa shape index (κ2) is 15.2. The molecule has 1 aliphatic rings. The summed E-state index contributed by atoms with van der Waals surface area (Å²) in [5.41, 5.74) is 15.8. The highest BCUT2D eigenvalue weighted by Gasteiger charge is 2.24. The van der Waals surface area contributed by atoms with Crippen molar-refractivity contribution in [3.63, 3.8) is 0 Å². The molecule has 1 aliphatic carbocycles. The molecule has 0 saturated heterocycles. The van der Waals surface area contributed by atoms with Crippen LogP contribution in [-0.4, -0.2) is 10.6 Å². The number of nitrogens with zero attached hydrogens (tertiary/aromatic N) is 2. The number of allylic oxidation sites excluding steroid dienone is 2. The van der Waals surface area contributed by atoms with Crippen LogP contribution in [0.25, 0.3) is 77.2 Å². The summed E-state index contributed by atoms with van der Waals surface area (Å²) in [6, 6.07) is 79.4. The fourth-order valence-electron chi connectivity index (χ4n) is 9.34. The lowest BCUT2D eigenvalue weighted by molar-refractivity contribution is 0.787. The number of hydrogen-bond acceptors (Lipinski definition) is 1. The average molecular weight is 767 g/mol. The summed E-state index contributed by atoms with van der Waals surface area (Å²) in [6.45, 7) is 0. The summed E-state index contributed by atoms with van der Waals surface area (Å²) in [6.07, 6.45) is 8.02. The normalized spacial score (nSPS) is 13.8. The zero-order chi connectivity index (χ0) is 39.8. The molecule has 0 aliphatic heterocycles. The minimum atomic E-state index is 0.1000. The van der Waals surface area contributed by atoms with E-state index < -0.39 is 0 Å². The van der Waals surface area contributed by atoms with Crippen molar-refractivity contribution >= 4 is 49.5 Å². The lowest BCUT2D eigenvalue weighted by Gasteiger charge is -2.34. The van der Waals surface area contributed by atoms with Crippen molar-refractivity contribution in [3.05, 3.63) is 242 Å². The summed E-state index contributed by atoms with van der Waals surface area (Å²) in [4.78, 5) is 2.53. The van der Waals surface area contributed by atoms with Gasteiger partial charge in [-0.05, 0) is 110 Å². The van der Waals surface area contributed by atoms with Gasteiger partial charge in [-0.2, -0.15) is 0 Å². The van der Waals surface area contributed by atoms with Gasteiger partial charge in [-0.25, -0.2) is 0 Å². The maximum atomic E-state index is 2.53. The molecule has 0 N–H and O–H groups in total. The Hall–Kier alpha value is -7.68. The molecular formula is C58H42N2. The van der Waals surface area contributed by atoms with Gasteiger partial charge in [0.1, 0.15) is 0 Å². The topological polar surface area (TPSA) is 8.17 Å². The SMILES string of the molecule is C1=CC(N(c2ccc(-c3ccccc3)cc2)c2cccc(-c3c4ccccc4cc4c3c3ccccc3n4-c3ccccc3)c2)CC=C1c1ccccc1-c1ccccc1. The van der Waals surface area contributed by atoms with Crippen molar-refractivity contribution in [2.45, 2.75) is 12.5 Å². The number of para-hydroxylation sites is 2. The maximum Gasteiger partial charge on any atom is 0.0560 e. The van der Waals surface area contributed by atoms with E-state index in [1.165, 1.54) is 77.1 Å². The predicted molar refractivity (Wildman–Crippen MR) is 255 cm³/mol. The van der Waals surface area contributed by atoms with Gasteiger partial charge in [-0.1, -0.05) is 188 Å². The number of benzene rings is 9. The Morgan fingerprint density at radius 3 is 1.80 bits per heavy atom. The predicted octanol–water partition coefficient (Wildman–Crippen LogP) is 15.5. The number of anilines is 2. The first kappa shape index (κ1) is 35.5. The maximum absolute atomic E-state index is 2.53. The second-order valence-electron chi connectivity index (χ2n) is 15.6. The van der Waals surface area contributed by atoms with Gasteiger partial charge in [-0.15, -0.1) is 0 Å². The highest BCUT2D eigenvalue weighted by molar-refractivity contribution is 6.23. The molecule has 10 aromatic rings.